The van der Waals surface area contributed by atoms with Crippen LogP contribution in [0.2, 0.25) is 0 Å². The van der Waals surface area contributed by atoms with Gasteiger partial charge >= 0.3 is 0 Å². The fourth-order valence-electron chi connectivity index (χ4n) is 1.92. The Labute approximate surface area is 102 Å². The number of aliphatic hydroxyl groups excluding tert-OH is 1. The molecule has 1 N–H and O–H groups in total. The Hall–Kier alpha value is -2.27. The van der Waals surface area contributed by atoms with Crippen molar-refractivity contribution < 1.29 is 9.50 Å². The molecule has 0 aliphatic carbocycles. The summed E-state index contributed by atoms with van der Waals surface area (Å²) in [5.41, 5.74) is 1.27. The molecular weight excluding hydrogens is 233 g/mol. The zero-order chi connectivity index (χ0) is 12.5. The Morgan fingerprint density at radius 2 is 2.06 bits per heavy atom. The molecule has 0 atom stereocenters. The summed E-state index contributed by atoms with van der Waals surface area (Å²) in [6.07, 6.45) is 2.83. The molecule has 0 aliphatic rings. The number of aromatic nitrogens is 3. The van der Waals surface area contributed by atoms with Crippen LogP contribution >= 0.6 is 0 Å². The highest BCUT2D eigenvalue weighted by atomic mass is 19.1. The van der Waals surface area contributed by atoms with E-state index in [1.165, 1.54) is 6.07 Å². The predicted octanol–water partition coefficient (Wildman–Crippen LogP) is 2.05. The maximum atomic E-state index is 13.1. The minimum atomic E-state index is -0.473. The predicted molar refractivity (Wildman–Crippen MR) is 64.7 cm³/mol. The third-order valence-corrected chi connectivity index (χ3v) is 2.76. The summed E-state index contributed by atoms with van der Waals surface area (Å²) in [5, 5.41) is 14.5. The molecule has 0 radical (unpaired) electrons. The normalized spacial score (nSPS) is 11.0. The number of pyridine rings is 1. The SMILES string of the molecule is OCc1cc(F)cnc1-n1ncc2ccccc21. The second-order valence-electron chi connectivity index (χ2n) is 3.91. The van der Waals surface area contributed by atoms with Crippen molar-refractivity contribution in [2.24, 2.45) is 0 Å². The summed E-state index contributed by atoms with van der Waals surface area (Å²) >= 11 is 0. The van der Waals surface area contributed by atoms with Crippen molar-refractivity contribution >= 4 is 10.9 Å². The van der Waals surface area contributed by atoms with Crippen molar-refractivity contribution in [2.45, 2.75) is 6.61 Å². The summed E-state index contributed by atoms with van der Waals surface area (Å²) in [6, 6.07) is 8.90. The number of benzene rings is 1. The molecule has 90 valence electrons. The maximum Gasteiger partial charge on any atom is 0.159 e. The number of para-hydroxylation sites is 1. The Kier molecular flexibility index (Phi) is 2.53. The zero-order valence-corrected chi connectivity index (χ0v) is 9.42. The van der Waals surface area contributed by atoms with Crippen LogP contribution in [0.5, 0.6) is 0 Å². The third kappa shape index (κ3) is 1.65. The van der Waals surface area contributed by atoms with Crippen LogP contribution in [0.4, 0.5) is 4.39 Å². The van der Waals surface area contributed by atoms with E-state index >= 15 is 0 Å². The second kappa shape index (κ2) is 4.19. The van der Waals surface area contributed by atoms with Gasteiger partial charge in [-0.25, -0.2) is 14.1 Å². The lowest BCUT2D eigenvalue weighted by molar-refractivity contribution is 0.280. The van der Waals surface area contributed by atoms with Gasteiger partial charge in [-0.3, -0.25) is 0 Å². The minimum Gasteiger partial charge on any atom is -0.392 e. The van der Waals surface area contributed by atoms with E-state index in [-0.39, 0.29) is 6.61 Å². The summed E-state index contributed by atoms with van der Waals surface area (Å²) in [6.45, 7) is -0.283. The highest BCUT2D eigenvalue weighted by Gasteiger charge is 2.10. The molecule has 0 fully saturated rings. The Balaban J connectivity index is 2.26. The fourth-order valence-corrected chi connectivity index (χ4v) is 1.92. The number of hydrogen-bond acceptors (Lipinski definition) is 3. The van der Waals surface area contributed by atoms with Crippen LogP contribution in [0.25, 0.3) is 16.7 Å². The first-order chi connectivity index (χ1) is 8.79. The third-order valence-electron chi connectivity index (χ3n) is 2.76. The van der Waals surface area contributed by atoms with Crippen molar-refractivity contribution in [2.75, 3.05) is 0 Å². The van der Waals surface area contributed by atoms with Gasteiger partial charge in [0.1, 0.15) is 5.82 Å². The first kappa shape index (κ1) is 10.9. The zero-order valence-electron chi connectivity index (χ0n) is 9.42. The van der Waals surface area contributed by atoms with E-state index in [2.05, 4.69) is 10.1 Å². The molecule has 0 amide bonds. The van der Waals surface area contributed by atoms with E-state index < -0.39 is 5.82 Å². The van der Waals surface area contributed by atoms with E-state index in [1.54, 1.807) is 10.9 Å². The highest BCUT2D eigenvalue weighted by Crippen LogP contribution is 2.19. The summed E-state index contributed by atoms with van der Waals surface area (Å²) < 4.78 is 14.7. The molecule has 1 aromatic carbocycles. The minimum absolute atomic E-state index is 0.283. The lowest BCUT2D eigenvalue weighted by atomic mass is 10.2. The molecule has 0 saturated heterocycles. The average Bonchev–Trinajstić information content (AvgIpc) is 2.82. The second-order valence-corrected chi connectivity index (χ2v) is 3.91. The summed E-state index contributed by atoms with van der Waals surface area (Å²) in [4.78, 5) is 4.01. The van der Waals surface area contributed by atoms with Crippen molar-refractivity contribution in [3.05, 3.63) is 54.1 Å². The molecular formula is C13H10FN3O. The molecule has 5 heteroatoms. The lowest BCUT2D eigenvalue weighted by Gasteiger charge is -2.07. The number of nitrogens with zero attached hydrogens (tertiary/aromatic N) is 3. The topological polar surface area (TPSA) is 50.9 Å². The van der Waals surface area contributed by atoms with E-state index in [1.807, 2.05) is 24.3 Å². The number of halogens is 1. The van der Waals surface area contributed by atoms with Gasteiger partial charge < -0.3 is 5.11 Å². The first-order valence-corrected chi connectivity index (χ1v) is 5.48. The van der Waals surface area contributed by atoms with Gasteiger partial charge in [0.15, 0.2) is 5.82 Å². The summed E-state index contributed by atoms with van der Waals surface area (Å²) in [7, 11) is 0. The van der Waals surface area contributed by atoms with Gasteiger partial charge in [-0.1, -0.05) is 18.2 Å². The monoisotopic (exact) mass is 243 g/mol. The van der Waals surface area contributed by atoms with Crippen molar-refractivity contribution in [3.8, 4) is 5.82 Å². The molecule has 0 spiro atoms. The van der Waals surface area contributed by atoms with Gasteiger partial charge in [0.05, 0.1) is 24.5 Å². The van der Waals surface area contributed by atoms with Gasteiger partial charge in [0.25, 0.3) is 0 Å². The molecule has 0 unspecified atom stereocenters. The molecule has 3 rings (SSSR count). The van der Waals surface area contributed by atoms with Crippen LogP contribution in [0.15, 0.2) is 42.7 Å². The van der Waals surface area contributed by atoms with Crippen LogP contribution < -0.4 is 0 Å². The van der Waals surface area contributed by atoms with Gasteiger partial charge in [-0.2, -0.15) is 5.10 Å². The molecule has 2 heterocycles. The lowest BCUT2D eigenvalue weighted by Crippen LogP contribution is -2.05. The van der Waals surface area contributed by atoms with Gasteiger partial charge in [0.2, 0.25) is 0 Å². The smallest absolute Gasteiger partial charge is 0.159 e. The van der Waals surface area contributed by atoms with E-state index in [4.69, 9.17) is 0 Å². The Bertz CT molecular complexity index is 708. The van der Waals surface area contributed by atoms with Gasteiger partial charge in [-0.05, 0) is 12.1 Å². The maximum absolute atomic E-state index is 13.1. The molecule has 18 heavy (non-hydrogen) atoms. The van der Waals surface area contributed by atoms with E-state index in [9.17, 15) is 9.50 Å². The Morgan fingerprint density at radius 1 is 1.22 bits per heavy atom. The molecule has 0 saturated carbocycles. The summed E-state index contributed by atoms with van der Waals surface area (Å²) in [5.74, 6) is -0.0284. The number of fused-ring (bicyclic) bond motifs is 1. The largest absolute Gasteiger partial charge is 0.392 e. The first-order valence-electron chi connectivity index (χ1n) is 5.48. The van der Waals surface area contributed by atoms with Crippen LogP contribution in [0, 0.1) is 5.82 Å². The van der Waals surface area contributed by atoms with Crippen LogP contribution in [-0.4, -0.2) is 19.9 Å². The average molecular weight is 243 g/mol. The van der Waals surface area contributed by atoms with Crippen molar-refractivity contribution in [1.29, 1.82) is 0 Å². The number of aliphatic hydroxyl groups is 1. The molecule has 0 aliphatic heterocycles. The van der Waals surface area contributed by atoms with Crippen LogP contribution in [0.1, 0.15) is 5.56 Å². The molecule has 4 nitrogen and oxygen atoms in total. The molecule has 3 aromatic rings. The van der Waals surface area contributed by atoms with Crippen LogP contribution in [-0.2, 0) is 6.61 Å². The Morgan fingerprint density at radius 3 is 2.89 bits per heavy atom. The van der Waals surface area contributed by atoms with Crippen molar-refractivity contribution in [3.63, 3.8) is 0 Å². The van der Waals surface area contributed by atoms with Gasteiger partial charge in [0, 0.05) is 10.9 Å². The fraction of sp³-hybridized carbons (Fsp3) is 0.0769. The van der Waals surface area contributed by atoms with E-state index in [0.29, 0.717) is 11.4 Å². The van der Waals surface area contributed by atoms with Crippen LogP contribution in [0.3, 0.4) is 0 Å². The number of hydrogen-bond donors (Lipinski definition) is 1. The number of rotatable bonds is 2. The standard InChI is InChI=1S/C13H10FN3O/c14-11-5-10(8-18)13(15-7-11)17-12-4-2-1-3-9(12)6-16-17/h1-7,18H,8H2. The molecule has 2 aromatic heterocycles. The highest BCUT2D eigenvalue weighted by molar-refractivity contribution is 5.79. The molecule has 0 bridgehead atoms. The van der Waals surface area contributed by atoms with E-state index in [0.717, 1.165) is 17.1 Å². The quantitative estimate of drug-likeness (QED) is 0.749. The van der Waals surface area contributed by atoms with Crippen molar-refractivity contribution in [1.82, 2.24) is 14.8 Å². The van der Waals surface area contributed by atoms with Gasteiger partial charge in [-0.15, -0.1) is 0 Å².